The van der Waals surface area contributed by atoms with Gasteiger partial charge >= 0.3 is 0 Å². The van der Waals surface area contributed by atoms with Crippen molar-refractivity contribution in [3.63, 3.8) is 0 Å². The molecular formula is C23H25N5O3S. The van der Waals surface area contributed by atoms with Gasteiger partial charge in [-0.25, -0.2) is 0 Å². The molecule has 4 rings (SSSR count). The lowest BCUT2D eigenvalue weighted by Gasteiger charge is -2.18. The van der Waals surface area contributed by atoms with Crippen molar-refractivity contribution in [2.75, 3.05) is 25.5 Å². The van der Waals surface area contributed by atoms with E-state index in [1.165, 1.54) is 0 Å². The van der Waals surface area contributed by atoms with Crippen LogP contribution >= 0.6 is 12.2 Å². The Bertz CT molecular complexity index is 1190. The molecule has 1 aromatic heterocycles. The van der Waals surface area contributed by atoms with Gasteiger partial charge in [-0.2, -0.15) is 5.10 Å². The molecule has 0 radical (unpaired) electrons. The van der Waals surface area contributed by atoms with E-state index in [4.69, 9.17) is 17.0 Å². The van der Waals surface area contributed by atoms with E-state index >= 15 is 0 Å². The number of nitrogens with one attached hydrogen (secondary N) is 2. The van der Waals surface area contributed by atoms with Crippen molar-refractivity contribution >= 4 is 29.7 Å². The Morgan fingerprint density at radius 3 is 2.56 bits per heavy atom. The van der Waals surface area contributed by atoms with Crippen LogP contribution in [0.15, 0.2) is 42.5 Å². The molecule has 2 N–H and O–H groups in total. The first-order valence-electron chi connectivity index (χ1n) is 10.5. The maximum absolute atomic E-state index is 12.9. The summed E-state index contributed by atoms with van der Waals surface area (Å²) in [6.45, 7) is 3.40. The highest BCUT2D eigenvalue weighted by Gasteiger charge is 2.22. The number of aromatic nitrogens is 3. The molecule has 0 unspecified atom stereocenters. The molecule has 1 saturated heterocycles. The molecule has 1 aliphatic heterocycles. The molecule has 0 saturated carbocycles. The van der Waals surface area contributed by atoms with Crippen molar-refractivity contribution in [3.8, 4) is 17.1 Å². The minimum Gasteiger partial charge on any atom is -0.497 e. The highest BCUT2D eigenvalue weighted by molar-refractivity contribution is 7.71. The van der Waals surface area contributed by atoms with Crippen molar-refractivity contribution in [1.82, 2.24) is 19.7 Å². The number of carbonyl (C=O) groups excluding carboxylic acids is 2. The maximum atomic E-state index is 12.9. The number of nitrogens with zero attached hydrogens (tertiary/aromatic N) is 3. The number of hydrogen-bond acceptors (Lipinski definition) is 5. The smallest absolute Gasteiger partial charge is 0.254 e. The molecule has 3 aromatic rings. The van der Waals surface area contributed by atoms with Crippen LogP contribution in [0.2, 0.25) is 0 Å². The Hall–Kier alpha value is -3.46. The molecule has 2 heterocycles. The van der Waals surface area contributed by atoms with E-state index < -0.39 is 0 Å². The standard InChI is InChI=1S/C23H25N5O3S/c1-15-18(22(30)27-12-3-4-13-27)6-5-7-19(15)24-20(29)14-28-21(25-26-23(28)32)16-8-10-17(31-2)11-9-16/h5-11H,3-4,12-14H2,1-2H3,(H,24,29)(H,26,32). The summed E-state index contributed by atoms with van der Waals surface area (Å²) in [7, 11) is 1.60. The number of aromatic amines is 1. The zero-order valence-corrected chi connectivity index (χ0v) is 18.9. The Labute approximate surface area is 191 Å². The Balaban J connectivity index is 1.52. The number of hydrogen-bond donors (Lipinski definition) is 2. The average molecular weight is 452 g/mol. The first kappa shape index (κ1) is 21.8. The summed E-state index contributed by atoms with van der Waals surface area (Å²) in [5, 5.41) is 9.95. The zero-order chi connectivity index (χ0) is 22.7. The number of H-pyrrole nitrogens is 1. The van der Waals surface area contributed by atoms with Crippen LogP contribution in [0, 0.1) is 11.7 Å². The van der Waals surface area contributed by atoms with Crippen LogP contribution in [0.1, 0.15) is 28.8 Å². The highest BCUT2D eigenvalue weighted by Crippen LogP contribution is 2.23. The molecule has 1 aliphatic rings. The minimum atomic E-state index is -0.258. The molecule has 0 atom stereocenters. The second-order valence-corrected chi connectivity index (χ2v) is 8.08. The van der Waals surface area contributed by atoms with Gasteiger partial charge in [0.15, 0.2) is 10.6 Å². The van der Waals surface area contributed by atoms with E-state index in [1.54, 1.807) is 29.9 Å². The van der Waals surface area contributed by atoms with Crippen LogP contribution in [0.3, 0.4) is 0 Å². The lowest BCUT2D eigenvalue weighted by atomic mass is 10.1. The predicted octanol–water partition coefficient (Wildman–Crippen LogP) is 3.80. The first-order valence-corrected chi connectivity index (χ1v) is 10.9. The lowest BCUT2D eigenvalue weighted by molar-refractivity contribution is -0.116. The molecule has 9 heteroatoms. The van der Waals surface area contributed by atoms with Crippen molar-refractivity contribution in [2.24, 2.45) is 0 Å². The molecule has 8 nitrogen and oxygen atoms in total. The molecule has 1 fully saturated rings. The van der Waals surface area contributed by atoms with E-state index in [0.29, 0.717) is 21.8 Å². The second-order valence-electron chi connectivity index (χ2n) is 7.69. The largest absolute Gasteiger partial charge is 0.497 e. The minimum absolute atomic E-state index is 0.00921. The number of benzene rings is 2. The Morgan fingerprint density at radius 2 is 1.88 bits per heavy atom. The topological polar surface area (TPSA) is 92.2 Å². The third-order valence-electron chi connectivity index (χ3n) is 5.64. The molecular weight excluding hydrogens is 426 g/mol. The fourth-order valence-electron chi connectivity index (χ4n) is 3.85. The quantitative estimate of drug-likeness (QED) is 0.556. The van der Waals surface area contributed by atoms with Gasteiger partial charge in [0.05, 0.1) is 7.11 Å². The number of likely N-dealkylation sites (tertiary alicyclic amines) is 1. The van der Waals surface area contributed by atoms with E-state index in [9.17, 15) is 9.59 Å². The fourth-order valence-corrected chi connectivity index (χ4v) is 4.05. The number of rotatable bonds is 6. The number of amides is 2. The fraction of sp³-hybridized carbons (Fsp3) is 0.304. The van der Waals surface area contributed by atoms with Gasteiger partial charge < -0.3 is 15.0 Å². The summed E-state index contributed by atoms with van der Waals surface area (Å²) >= 11 is 5.34. The summed E-state index contributed by atoms with van der Waals surface area (Å²) in [6, 6.07) is 12.8. The monoisotopic (exact) mass is 451 g/mol. The van der Waals surface area contributed by atoms with E-state index in [-0.39, 0.29) is 18.4 Å². The molecule has 32 heavy (non-hydrogen) atoms. The molecule has 166 valence electrons. The molecule has 0 spiro atoms. The van der Waals surface area contributed by atoms with E-state index in [2.05, 4.69) is 15.5 Å². The second kappa shape index (κ2) is 9.35. The Morgan fingerprint density at radius 1 is 1.16 bits per heavy atom. The molecule has 0 aliphatic carbocycles. The van der Waals surface area contributed by atoms with Crippen molar-refractivity contribution in [2.45, 2.75) is 26.3 Å². The van der Waals surface area contributed by atoms with Crippen molar-refractivity contribution in [1.29, 1.82) is 0 Å². The number of carbonyl (C=O) groups is 2. The first-order chi connectivity index (χ1) is 15.5. The van der Waals surface area contributed by atoms with Crippen LogP contribution in [-0.4, -0.2) is 51.7 Å². The zero-order valence-electron chi connectivity index (χ0n) is 18.1. The van der Waals surface area contributed by atoms with Gasteiger partial charge in [0, 0.05) is 29.9 Å². The van der Waals surface area contributed by atoms with Crippen LogP contribution < -0.4 is 10.1 Å². The third-order valence-corrected chi connectivity index (χ3v) is 5.95. The average Bonchev–Trinajstić information content (AvgIpc) is 3.46. The normalized spacial score (nSPS) is 13.2. The predicted molar refractivity (Wildman–Crippen MR) is 124 cm³/mol. The third kappa shape index (κ3) is 4.43. The highest BCUT2D eigenvalue weighted by atomic mass is 32.1. The van der Waals surface area contributed by atoms with Gasteiger partial charge in [-0.05, 0) is 73.9 Å². The van der Waals surface area contributed by atoms with Gasteiger partial charge in [0.25, 0.3) is 5.91 Å². The van der Waals surface area contributed by atoms with Crippen LogP contribution in [0.4, 0.5) is 5.69 Å². The number of ether oxygens (including phenoxy) is 1. The van der Waals surface area contributed by atoms with Crippen LogP contribution in [-0.2, 0) is 11.3 Å². The van der Waals surface area contributed by atoms with Crippen molar-refractivity contribution in [3.05, 3.63) is 58.4 Å². The summed E-state index contributed by atoms with van der Waals surface area (Å²) < 4.78 is 7.18. The molecule has 2 aromatic carbocycles. The summed E-state index contributed by atoms with van der Waals surface area (Å²) in [5.74, 6) is 1.04. The van der Waals surface area contributed by atoms with Crippen molar-refractivity contribution < 1.29 is 14.3 Å². The SMILES string of the molecule is COc1ccc(-c2n[nH]c(=S)n2CC(=O)Nc2cccc(C(=O)N3CCCC3)c2C)cc1. The van der Waals surface area contributed by atoms with Crippen LogP contribution in [0.5, 0.6) is 5.75 Å². The lowest BCUT2D eigenvalue weighted by Crippen LogP contribution is -2.28. The number of anilines is 1. The Kier molecular flexibility index (Phi) is 6.36. The molecule has 2 amide bonds. The van der Waals surface area contributed by atoms with Gasteiger partial charge in [0.2, 0.25) is 5.91 Å². The van der Waals surface area contributed by atoms with Gasteiger partial charge in [-0.3, -0.25) is 19.3 Å². The maximum Gasteiger partial charge on any atom is 0.254 e. The summed E-state index contributed by atoms with van der Waals surface area (Å²) in [5.41, 5.74) is 2.79. The van der Waals surface area contributed by atoms with E-state index in [0.717, 1.165) is 42.8 Å². The van der Waals surface area contributed by atoms with Gasteiger partial charge in [-0.1, -0.05) is 6.07 Å². The summed E-state index contributed by atoms with van der Waals surface area (Å²) in [4.78, 5) is 27.6. The van der Waals surface area contributed by atoms with Gasteiger partial charge in [0.1, 0.15) is 12.3 Å². The number of methoxy groups -OCH3 is 1. The summed E-state index contributed by atoms with van der Waals surface area (Å²) in [6.07, 6.45) is 2.06. The van der Waals surface area contributed by atoms with E-state index in [1.807, 2.05) is 36.1 Å². The molecule has 0 bridgehead atoms. The van der Waals surface area contributed by atoms with Gasteiger partial charge in [-0.15, -0.1) is 0 Å². The van der Waals surface area contributed by atoms with Crippen LogP contribution in [0.25, 0.3) is 11.4 Å².